The highest BCUT2D eigenvalue weighted by Crippen LogP contribution is 2.52. The van der Waals surface area contributed by atoms with Crippen molar-refractivity contribution < 1.29 is 4.74 Å². The fourth-order valence-electron chi connectivity index (χ4n) is 8.15. The number of benzene rings is 5. The second-order valence-corrected chi connectivity index (χ2v) is 18.0. The van der Waals surface area contributed by atoms with Crippen molar-refractivity contribution >= 4 is 34.0 Å². The number of aryl methyl sites for hydroxylation is 1. The van der Waals surface area contributed by atoms with Crippen molar-refractivity contribution in [1.82, 2.24) is 4.98 Å². The van der Waals surface area contributed by atoms with E-state index in [2.05, 4.69) is 188 Å². The molecule has 5 heteroatoms. The van der Waals surface area contributed by atoms with E-state index < -0.39 is 0 Å². The summed E-state index contributed by atoms with van der Waals surface area (Å²) in [5, 5.41) is 1.07. The van der Waals surface area contributed by atoms with Crippen LogP contribution in [-0.4, -0.2) is 21.8 Å². The molecule has 1 atom stereocenters. The average molecular weight is 742 g/mol. The van der Waals surface area contributed by atoms with Gasteiger partial charge in [0.1, 0.15) is 17.3 Å². The molecule has 0 fully saturated rings. The van der Waals surface area contributed by atoms with Crippen molar-refractivity contribution in [1.29, 1.82) is 0 Å². The van der Waals surface area contributed by atoms with Gasteiger partial charge in [-0.2, -0.15) is 0 Å². The molecule has 0 bridgehead atoms. The molecule has 3 heterocycles. The maximum Gasteiger partial charge on any atom is 0.141 e. The zero-order valence-corrected chi connectivity index (χ0v) is 34.1. The van der Waals surface area contributed by atoms with Crippen LogP contribution in [0.1, 0.15) is 105 Å². The number of anilines is 3. The van der Waals surface area contributed by atoms with Crippen LogP contribution in [0.2, 0.25) is 0 Å². The molecular weight excluding hydrogens is 691 g/mol. The fourth-order valence-corrected chi connectivity index (χ4v) is 9.24. The first kappa shape index (κ1) is 36.8. The maximum atomic E-state index is 6.86. The molecule has 1 aromatic heterocycles. The molecule has 8 rings (SSSR count). The average Bonchev–Trinajstić information content (AvgIpc) is 3.65. The molecule has 0 unspecified atom stereocenters. The monoisotopic (exact) mass is 741 g/mol. The van der Waals surface area contributed by atoms with E-state index in [1.165, 1.54) is 33.4 Å². The number of hydrogen-bond donors (Lipinski definition) is 0. The molecule has 0 saturated carbocycles. The minimum atomic E-state index is -0.213. The molecule has 0 aliphatic carbocycles. The molecule has 2 aliphatic heterocycles. The molecule has 0 spiro atoms. The molecule has 278 valence electrons. The fraction of sp³-hybridized carbons (Fsp3) is 0.280. The number of aliphatic imine (C=N–C) groups is 1. The summed E-state index contributed by atoms with van der Waals surface area (Å²) >= 11 is 1.85. The normalized spacial score (nSPS) is 16.2. The van der Waals surface area contributed by atoms with Gasteiger partial charge < -0.3 is 4.74 Å². The van der Waals surface area contributed by atoms with Crippen LogP contribution in [0.3, 0.4) is 0 Å². The van der Waals surface area contributed by atoms with Crippen LogP contribution in [0.15, 0.2) is 139 Å². The van der Waals surface area contributed by atoms with Crippen LogP contribution in [-0.2, 0) is 10.8 Å². The van der Waals surface area contributed by atoms with Gasteiger partial charge in [0.15, 0.2) is 0 Å². The van der Waals surface area contributed by atoms with Crippen molar-refractivity contribution in [3.8, 4) is 11.5 Å². The summed E-state index contributed by atoms with van der Waals surface area (Å²) in [5.41, 5.74) is 11.9. The number of nitrogens with zero attached hydrogens (tertiary/aromatic N) is 3. The van der Waals surface area contributed by atoms with Crippen LogP contribution in [0.4, 0.5) is 17.2 Å². The van der Waals surface area contributed by atoms with Crippen molar-refractivity contribution in [2.75, 3.05) is 10.7 Å². The molecular formula is C50H51N3OS. The molecule has 5 aromatic carbocycles. The Labute approximate surface area is 331 Å². The van der Waals surface area contributed by atoms with E-state index >= 15 is 0 Å². The number of fused-ring (bicyclic) bond motifs is 2. The van der Waals surface area contributed by atoms with Gasteiger partial charge in [-0.3, -0.25) is 9.89 Å². The number of ether oxygens (including phenoxy) is 1. The van der Waals surface area contributed by atoms with Gasteiger partial charge in [-0.1, -0.05) is 127 Å². The molecule has 2 aliphatic rings. The van der Waals surface area contributed by atoms with Gasteiger partial charge in [0, 0.05) is 40.5 Å². The van der Waals surface area contributed by atoms with E-state index in [-0.39, 0.29) is 22.8 Å². The lowest BCUT2D eigenvalue weighted by Gasteiger charge is -2.41. The number of rotatable bonds is 8. The SMILES string of the molecule is Cc1cc(Oc2cc(C3=N[C@H](C(c4ccccc4)c4ccccc4)CS3)cc(C(C)C)c2)cc(N2c3ccc(C(C)(C)C)cc3C(C)(C)c3cccnc32)c1. The smallest absolute Gasteiger partial charge is 0.141 e. The van der Waals surface area contributed by atoms with E-state index in [9.17, 15) is 0 Å². The van der Waals surface area contributed by atoms with Crippen molar-refractivity contribution in [2.45, 2.75) is 84.1 Å². The Hall–Kier alpha value is -5.13. The highest BCUT2D eigenvalue weighted by atomic mass is 32.2. The zero-order valence-electron chi connectivity index (χ0n) is 33.3. The molecule has 0 N–H and O–H groups in total. The van der Waals surface area contributed by atoms with E-state index in [1.807, 2.05) is 18.0 Å². The third-order valence-corrected chi connectivity index (χ3v) is 12.3. The number of pyridine rings is 1. The van der Waals surface area contributed by atoms with Gasteiger partial charge in [-0.05, 0) is 94.1 Å². The number of aromatic nitrogens is 1. The van der Waals surface area contributed by atoms with E-state index in [1.54, 1.807) is 0 Å². The van der Waals surface area contributed by atoms with Gasteiger partial charge in [-0.15, -0.1) is 11.8 Å². The molecule has 4 nitrogen and oxygen atoms in total. The maximum absolute atomic E-state index is 6.86. The summed E-state index contributed by atoms with van der Waals surface area (Å²) in [6.07, 6.45) is 1.90. The summed E-state index contributed by atoms with van der Waals surface area (Å²) in [6, 6.07) is 46.2. The van der Waals surface area contributed by atoms with Crippen LogP contribution in [0.5, 0.6) is 11.5 Å². The highest BCUT2D eigenvalue weighted by Gasteiger charge is 2.39. The third kappa shape index (κ3) is 7.23. The molecule has 0 amide bonds. The Morgan fingerprint density at radius 2 is 1.44 bits per heavy atom. The molecule has 6 aromatic rings. The first-order valence-corrected chi connectivity index (χ1v) is 20.5. The lowest BCUT2D eigenvalue weighted by Crippen LogP contribution is -2.32. The molecule has 0 radical (unpaired) electrons. The summed E-state index contributed by atoms with van der Waals surface area (Å²) in [5.74, 6) is 4.01. The summed E-state index contributed by atoms with van der Waals surface area (Å²) < 4.78 is 6.86. The summed E-state index contributed by atoms with van der Waals surface area (Å²) in [4.78, 5) is 12.8. The lowest BCUT2D eigenvalue weighted by molar-refractivity contribution is 0.481. The van der Waals surface area contributed by atoms with E-state index in [4.69, 9.17) is 14.7 Å². The van der Waals surface area contributed by atoms with Crippen LogP contribution < -0.4 is 9.64 Å². The topological polar surface area (TPSA) is 37.7 Å². The summed E-state index contributed by atoms with van der Waals surface area (Å²) in [7, 11) is 0. The van der Waals surface area contributed by atoms with Crippen LogP contribution >= 0.6 is 11.8 Å². The molecule has 55 heavy (non-hydrogen) atoms. The Morgan fingerprint density at radius 1 is 0.745 bits per heavy atom. The number of hydrogen-bond acceptors (Lipinski definition) is 5. The predicted octanol–water partition coefficient (Wildman–Crippen LogP) is 13.4. The van der Waals surface area contributed by atoms with Crippen LogP contribution in [0, 0.1) is 6.92 Å². The second-order valence-electron chi connectivity index (χ2n) is 17.0. The minimum absolute atomic E-state index is 0.0356. The van der Waals surface area contributed by atoms with Crippen LogP contribution in [0.25, 0.3) is 0 Å². The van der Waals surface area contributed by atoms with E-state index in [0.29, 0.717) is 5.92 Å². The number of thioether (sulfide) groups is 1. The van der Waals surface area contributed by atoms with Crippen molar-refractivity contribution in [3.63, 3.8) is 0 Å². The Balaban J connectivity index is 1.16. The Morgan fingerprint density at radius 3 is 2.11 bits per heavy atom. The Bertz CT molecular complexity index is 2340. The predicted molar refractivity (Wildman–Crippen MR) is 233 cm³/mol. The van der Waals surface area contributed by atoms with Crippen molar-refractivity contribution in [2.24, 2.45) is 4.99 Å². The lowest BCUT2D eigenvalue weighted by atomic mass is 9.72. The van der Waals surface area contributed by atoms with E-state index in [0.717, 1.165) is 50.6 Å². The van der Waals surface area contributed by atoms with Gasteiger partial charge in [-0.25, -0.2) is 4.98 Å². The van der Waals surface area contributed by atoms with Gasteiger partial charge in [0.2, 0.25) is 0 Å². The minimum Gasteiger partial charge on any atom is -0.457 e. The van der Waals surface area contributed by atoms with Gasteiger partial charge in [0.05, 0.1) is 22.5 Å². The van der Waals surface area contributed by atoms with Crippen molar-refractivity contribution in [3.05, 3.63) is 178 Å². The van der Waals surface area contributed by atoms with Gasteiger partial charge >= 0.3 is 0 Å². The first-order valence-electron chi connectivity index (χ1n) is 19.5. The standard InChI is InChI=1S/C50H51N3OS/c1-32(2)36-26-37(48-52-44(31-55-48)46(34-16-11-9-12-17-34)35-18-13-10-14-19-35)28-41(27-36)54-40-25-33(3)24-39(30-40)53-45-22-21-38(49(4,5)6)29-43(45)50(7,8)42-20-15-23-51-47(42)53/h9-30,32,44,46H,31H2,1-8H3/t44-/m0/s1. The van der Waals surface area contributed by atoms with Gasteiger partial charge in [0.25, 0.3) is 0 Å². The first-order chi connectivity index (χ1) is 26.4. The summed E-state index contributed by atoms with van der Waals surface area (Å²) in [6.45, 7) is 18.1. The third-order valence-electron chi connectivity index (χ3n) is 11.2. The second kappa shape index (κ2) is 14.5. The largest absolute Gasteiger partial charge is 0.457 e. The highest BCUT2D eigenvalue weighted by molar-refractivity contribution is 8.14. The zero-order chi connectivity index (χ0) is 38.5. The molecule has 0 saturated heterocycles. The quantitative estimate of drug-likeness (QED) is 0.156. The Kier molecular flexibility index (Phi) is 9.71.